The lowest BCUT2D eigenvalue weighted by atomic mass is 10.3. The van der Waals surface area contributed by atoms with Crippen LogP contribution in [0.25, 0.3) is 11.1 Å². The van der Waals surface area contributed by atoms with E-state index in [0.29, 0.717) is 11.1 Å². The van der Waals surface area contributed by atoms with Crippen LogP contribution in [0, 0.1) is 0 Å². The lowest BCUT2D eigenvalue weighted by Crippen LogP contribution is -2.34. The minimum absolute atomic E-state index is 0.122. The molecule has 2 rings (SSSR count). The Balaban J connectivity index is 2.19. The second-order valence-corrected chi connectivity index (χ2v) is 4.07. The first-order valence-electron chi connectivity index (χ1n) is 5.61. The number of oxazole rings is 1. The Morgan fingerprint density at radius 2 is 2.22 bits per heavy atom. The van der Waals surface area contributed by atoms with Gasteiger partial charge in [-0.15, -0.1) is 0 Å². The van der Waals surface area contributed by atoms with Crippen molar-refractivity contribution in [2.75, 3.05) is 6.54 Å². The summed E-state index contributed by atoms with van der Waals surface area (Å²) in [6, 6.07) is 6.90. The third-order valence-corrected chi connectivity index (χ3v) is 2.47. The van der Waals surface area contributed by atoms with Crippen LogP contribution in [0.3, 0.4) is 0 Å². The predicted molar refractivity (Wildman–Crippen MR) is 65.2 cm³/mol. The van der Waals surface area contributed by atoms with Crippen molar-refractivity contribution in [3.8, 4) is 0 Å². The van der Waals surface area contributed by atoms with Gasteiger partial charge in [0.2, 0.25) is 5.91 Å². The molecule has 0 saturated heterocycles. The van der Waals surface area contributed by atoms with Crippen molar-refractivity contribution in [1.82, 2.24) is 9.88 Å². The zero-order valence-corrected chi connectivity index (χ0v) is 9.92. The average molecular weight is 250 g/mol. The van der Waals surface area contributed by atoms with Crippen molar-refractivity contribution in [3.63, 3.8) is 0 Å². The van der Waals surface area contributed by atoms with E-state index in [-0.39, 0.29) is 19.0 Å². The van der Waals surface area contributed by atoms with Crippen LogP contribution in [-0.2, 0) is 11.3 Å². The Kier molecular flexibility index (Phi) is 3.47. The van der Waals surface area contributed by atoms with Gasteiger partial charge in [0.1, 0.15) is 6.54 Å². The Labute approximate surface area is 103 Å². The molecule has 6 heteroatoms. The van der Waals surface area contributed by atoms with Crippen molar-refractivity contribution < 1.29 is 14.3 Å². The van der Waals surface area contributed by atoms with Crippen molar-refractivity contribution in [1.29, 1.82) is 0 Å². The number of amides is 1. The lowest BCUT2D eigenvalue weighted by molar-refractivity contribution is -0.122. The quantitative estimate of drug-likeness (QED) is 0.805. The zero-order valence-electron chi connectivity index (χ0n) is 9.92. The fraction of sp³-hybridized carbons (Fsp3) is 0.333. The average Bonchev–Trinajstić information content (AvgIpc) is 2.64. The van der Waals surface area contributed by atoms with E-state index in [4.69, 9.17) is 9.52 Å². The highest BCUT2D eigenvalue weighted by Crippen LogP contribution is 2.11. The van der Waals surface area contributed by atoms with Crippen molar-refractivity contribution in [3.05, 3.63) is 34.8 Å². The molecule has 1 atom stereocenters. The molecule has 1 amide bonds. The van der Waals surface area contributed by atoms with Gasteiger partial charge in [0.05, 0.1) is 11.6 Å². The summed E-state index contributed by atoms with van der Waals surface area (Å²) in [5.74, 6) is -0.909. The SMILES string of the molecule is CC(O)CNC(=O)Cn1c(=O)oc2ccccc21. The molecule has 0 radical (unpaired) electrons. The van der Waals surface area contributed by atoms with Crippen LogP contribution in [0.15, 0.2) is 33.5 Å². The topological polar surface area (TPSA) is 84.5 Å². The maximum absolute atomic E-state index is 11.6. The van der Waals surface area contributed by atoms with Crippen molar-refractivity contribution >= 4 is 17.0 Å². The standard InChI is InChI=1S/C12H14N2O4/c1-8(15)6-13-11(16)7-14-9-4-2-3-5-10(9)18-12(14)17/h2-5,8,15H,6-7H2,1H3,(H,13,16). The Morgan fingerprint density at radius 1 is 1.50 bits per heavy atom. The molecule has 96 valence electrons. The number of benzene rings is 1. The van der Waals surface area contributed by atoms with E-state index in [0.717, 1.165) is 0 Å². The van der Waals surface area contributed by atoms with Gasteiger partial charge < -0.3 is 14.8 Å². The molecular weight excluding hydrogens is 236 g/mol. The zero-order chi connectivity index (χ0) is 13.1. The molecule has 0 aliphatic rings. The number of aliphatic hydroxyl groups is 1. The summed E-state index contributed by atoms with van der Waals surface area (Å²) in [6.45, 7) is 1.60. The molecule has 2 N–H and O–H groups in total. The summed E-state index contributed by atoms with van der Waals surface area (Å²) >= 11 is 0. The number of nitrogens with zero attached hydrogens (tertiary/aromatic N) is 1. The van der Waals surface area contributed by atoms with Gasteiger partial charge in [-0.25, -0.2) is 4.79 Å². The third kappa shape index (κ3) is 2.60. The Hall–Kier alpha value is -2.08. The summed E-state index contributed by atoms with van der Waals surface area (Å²) in [5, 5.41) is 11.6. The summed E-state index contributed by atoms with van der Waals surface area (Å²) in [6.07, 6.45) is -0.619. The smallest absolute Gasteiger partial charge is 0.408 e. The Morgan fingerprint density at radius 3 is 2.94 bits per heavy atom. The number of carbonyl (C=O) groups is 1. The molecule has 1 aromatic heterocycles. The second kappa shape index (κ2) is 5.05. The summed E-state index contributed by atoms with van der Waals surface area (Å²) < 4.78 is 6.26. The van der Waals surface area contributed by atoms with Crippen molar-refractivity contribution in [2.45, 2.75) is 19.6 Å². The molecular formula is C12H14N2O4. The van der Waals surface area contributed by atoms with Gasteiger partial charge in [0, 0.05) is 6.54 Å². The molecule has 1 unspecified atom stereocenters. The minimum Gasteiger partial charge on any atom is -0.408 e. The number of rotatable bonds is 4. The lowest BCUT2D eigenvalue weighted by Gasteiger charge is -2.07. The van der Waals surface area contributed by atoms with Crippen LogP contribution < -0.4 is 11.1 Å². The Bertz CT molecular complexity index is 612. The van der Waals surface area contributed by atoms with Gasteiger partial charge in [-0.1, -0.05) is 12.1 Å². The van der Waals surface area contributed by atoms with E-state index < -0.39 is 11.9 Å². The van der Waals surface area contributed by atoms with Crippen LogP contribution in [-0.4, -0.2) is 28.2 Å². The molecule has 18 heavy (non-hydrogen) atoms. The van der Waals surface area contributed by atoms with Gasteiger partial charge in [-0.2, -0.15) is 0 Å². The highest BCUT2D eigenvalue weighted by molar-refractivity contribution is 5.79. The molecule has 0 bridgehead atoms. The van der Waals surface area contributed by atoms with Gasteiger partial charge in [0.25, 0.3) is 0 Å². The molecule has 0 spiro atoms. The second-order valence-electron chi connectivity index (χ2n) is 4.07. The fourth-order valence-corrected chi connectivity index (χ4v) is 1.62. The maximum atomic E-state index is 11.6. The predicted octanol–water partition coefficient (Wildman–Crippen LogP) is 0.0915. The van der Waals surface area contributed by atoms with E-state index in [9.17, 15) is 9.59 Å². The van der Waals surface area contributed by atoms with Gasteiger partial charge in [-0.05, 0) is 19.1 Å². The molecule has 0 aliphatic heterocycles. The summed E-state index contributed by atoms with van der Waals surface area (Å²) in [4.78, 5) is 23.2. The number of aromatic nitrogens is 1. The van der Waals surface area contributed by atoms with E-state index in [1.54, 1.807) is 31.2 Å². The van der Waals surface area contributed by atoms with Crippen LogP contribution in [0.4, 0.5) is 0 Å². The van der Waals surface area contributed by atoms with E-state index in [1.807, 2.05) is 0 Å². The molecule has 1 heterocycles. The highest BCUT2D eigenvalue weighted by Gasteiger charge is 2.12. The molecule has 0 fully saturated rings. The number of nitrogens with one attached hydrogen (secondary N) is 1. The summed E-state index contributed by atoms with van der Waals surface area (Å²) in [5.41, 5.74) is 1.03. The van der Waals surface area contributed by atoms with Gasteiger partial charge in [-0.3, -0.25) is 9.36 Å². The first kappa shape index (κ1) is 12.4. The number of aliphatic hydroxyl groups excluding tert-OH is 1. The largest absolute Gasteiger partial charge is 0.420 e. The normalized spacial score (nSPS) is 12.6. The van der Waals surface area contributed by atoms with Gasteiger partial charge in [0.15, 0.2) is 5.58 Å². The summed E-state index contributed by atoms with van der Waals surface area (Å²) in [7, 11) is 0. The van der Waals surface area contributed by atoms with Crippen LogP contribution >= 0.6 is 0 Å². The van der Waals surface area contributed by atoms with Crippen LogP contribution in [0.1, 0.15) is 6.92 Å². The molecule has 2 aromatic rings. The fourth-order valence-electron chi connectivity index (χ4n) is 1.62. The number of fused-ring (bicyclic) bond motifs is 1. The number of hydrogen-bond donors (Lipinski definition) is 2. The number of para-hydroxylation sites is 2. The van der Waals surface area contributed by atoms with E-state index >= 15 is 0 Å². The first-order valence-corrected chi connectivity index (χ1v) is 5.61. The first-order chi connectivity index (χ1) is 8.58. The van der Waals surface area contributed by atoms with Crippen molar-refractivity contribution in [2.24, 2.45) is 0 Å². The maximum Gasteiger partial charge on any atom is 0.420 e. The van der Waals surface area contributed by atoms with Crippen LogP contribution in [0.5, 0.6) is 0 Å². The molecule has 6 nitrogen and oxygen atoms in total. The molecule has 0 aliphatic carbocycles. The molecule has 1 aromatic carbocycles. The van der Waals surface area contributed by atoms with E-state index in [2.05, 4.69) is 5.32 Å². The molecule has 0 saturated carbocycles. The number of hydrogen-bond acceptors (Lipinski definition) is 4. The third-order valence-electron chi connectivity index (χ3n) is 2.47. The van der Waals surface area contributed by atoms with Gasteiger partial charge >= 0.3 is 5.76 Å². The number of carbonyl (C=O) groups excluding carboxylic acids is 1. The van der Waals surface area contributed by atoms with E-state index in [1.165, 1.54) is 4.57 Å². The minimum atomic E-state index is -0.619. The monoisotopic (exact) mass is 250 g/mol. The van der Waals surface area contributed by atoms with Crippen LogP contribution in [0.2, 0.25) is 0 Å². The highest BCUT2D eigenvalue weighted by atomic mass is 16.4.